The third-order valence-electron chi connectivity index (χ3n) is 3.19. The SMILES string of the molecule is O=C(CCC(=O)Nc1ccc(Cl)cc1)N/N=C\c1cccc([N+](=O)[O-])c1. The van der Waals surface area contributed by atoms with Crippen molar-refractivity contribution >= 4 is 41.0 Å². The van der Waals surface area contributed by atoms with E-state index in [0.717, 1.165) is 0 Å². The van der Waals surface area contributed by atoms with Gasteiger partial charge in [-0.2, -0.15) is 5.10 Å². The number of hydrogen-bond acceptors (Lipinski definition) is 5. The molecule has 0 aliphatic rings. The van der Waals surface area contributed by atoms with Crippen molar-refractivity contribution in [2.75, 3.05) is 5.32 Å². The fourth-order valence-corrected chi connectivity index (χ4v) is 2.06. The number of hydrogen-bond donors (Lipinski definition) is 2. The second-order valence-corrected chi connectivity index (χ2v) is 5.64. The Labute approximate surface area is 154 Å². The molecule has 8 nitrogen and oxygen atoms in total. The number of nitrogens with one attached hydrogen (secondary N) is 2. The molecular weight excluding hydrogens is 360 g/mol. The van der Waals surface area contributed by atoms with Gasteiger partial charge in [-0.1, -0.05) is 23.7 Å². The van der Waals surface area contributed by atoms with Gasteiger partial charge in [-0.15, -0.1) is 0 Å². The van der Waals surface area contributed by atoms with E-state index in [-0.39, 0.29) is 24.4 Å². The number of anilines is 1. The average molecular weight is 375 g/mol. The number of nitrogens with zero attached hydrogens (tertiary/aromatic N) is 2. The maximum atomic E-state index is 11.8. The van der Waals surface area contributed by atoms with Gasteiger partial charge in [0.15, 0.2) is 0 Å². The molecule has 2 aromatic carbocycles. The predicted molar refractivity (Wildman–Crippen MR) is 98.1 cm³/mol. The number of non-ortho nitro benzene ring substituents is 1. The average Bonchev–Trinajstić information content (AvgIpc) is 2.62. The van der Waals surface area contributed by atoms with Gasteiger partial charge in [-0.25, -0.2) is 5.43 Å². The summed E-state index contributed by atoms with van der Waals surface area (Å²) < 4.78 is 0. The molecule has 2 aromatic rings. The zero-order valence-electron chi connectivity index (χ0n) is 13.5. The van der Waals surface area contributed by atoms with Gasteiger partial charge in [0.25, 0.3) is 5.69 Å². The Morgan fingerprint density at radius 3 is 2.50 bits per heavy atom. The van der Waals surface area contributed by atoms with E-state index in [0.29, 0.717) is 16.3 Å². The molecule has 0 unspecified atom stereocenters. The molecule has 134 valence electrons. The molecule has 0 fully saturated rings. The van der Waals surface area contributed by atoms with Crippen LogP contribution in [-0.4, -0.2) is 23.0 Å². The summed E-state index contributed by atoms with van der Waals surface area (Å²) in [6.45, 7) is 0. The molecule has 9 heteroatoms. The maximum absolute atomic E-state index is 11.8. The summed E-state index contributed by atoms with van der Waals surface area (Å²) in [5.41, 5.74) is 3.26. The lowest BCUT2D eigenvalue weighted by molar-refractivity contribution is -0.384. The van der Waals surface area contributed by atoms with Crippen molar-refractivity contribution in [1.82, 2.24) is 5.43 Å². The predicted octanol–water partition coefficient (Wildman–Crippen LogP) is 3.12. The maximum Gasteiger partial charge on any atom is 0.270 e. The lowest BCUT2D eigenvalue weighted by Gasteiger charge is -2.04. The van der Waals surface area contributed by atoms with Crippen molar-refractivity contribution in [3.05, 3.63) is 69.2 Å². The first kappa shape index (κ1) is 19.1. The van der Waals surface area contributed by atoms with Gasteiger partial charge in [-0.05, 0) is 24.3 Å². The first-order valence-electron chi connectivity index (χ1n) is 7.56. The van der Waals surface area contributed by atoms with E-state index < -0.39 is 10.8 Å². The van der Waals surface area contributed by atoms with E-state index in [1.807, 2.05) is 0 Å². The quantitative estimate of drug-likeness (QED) is 0.440. The summed E-state index contributed by atoms with van der Waals surface area (Å²) in [7, 11) is 0. The number of hydrazone groups is 1. The minimum atomic E-state index is -0.519. The van der Waals surface area contributed by atoms with Crippen molar-refractivity contribution in [3.8, 4) is 0 Å². The van der Waals surface area contributed by atoms with E-state index in [2.05, 4.69) is 15.8 Å². The first-order valence-corrected chi connectivity index (χ1v) is 7.93. The lowest BCUT2D eigenvalue weighted by atomic mass is 10.2. The number of nitro benzene ring substituents is 1. The van der Waals surface area contributed by atoms with Crippen LogP contribution in [0.25, 0.3) is 0 Å². The highest BCUT2D eigenvalue weighted by atomic mass is 35.5. The minimum Gasteiger partial charge on any atom is -0.326 e. The van der Waals surface area contributed by atoms with Crippen LogP contribution < -0.4 is 10.7 Å². The number of carbonyl (C=O) groups excluding carboxylic acids is 2. The Balaban J connectivity index is 1.76. The van der Waals surface area contributed by atoms with E-state index >= 15 is 0 Å². The molecule has 0 heterocycles. The van der Waals surface area contributed by atoms with Crippen LogP contribution in [0.1, 0.15) is 18.4 Å². The molecule has 0 aromatic heterocycles. The van der Waals surface area contributed by atoms with Crippen LogP contribution in [0.2, 0.25) is 5.02 Å². The molecule has 0 aliphatic heterocycles. The highest BCUT2D eigenvalue weighted by Crippen LogP contribution is 2.14. The van der Waals surface area contributed by atoms with E-state index in [4.69, 9.17) is 11.6 Å². The molecule has 0 saturated heterocycles. The summed E-state index contributed by atoms with van der Waals surface area (Å²) in [5, 5.41) is 17.6. The molecule has 0 radical (unpaired) electrons. The van der Waals surface area contributed by atoms with E-state index in [9.17, 15) is 19.7 Å². The first-order chi connectivity index (χ1) is 12.4. The molecule has 0 atom stereocenters. The molecular formula is C17H15ClN4O4. The summed E-state index contributed by atoms with van der Waals surface area (Å²) in [5.74, 6) is -0.761. The normalized spacial score (nSPS) is 10.5. The summed E-state index contributed by atoms with van der Waals surface area (Å²) in [6.07, 6.45) is 1.23. The Kier molecular flexibility index (Phi) is 6.81. The zero-order chi connectivity index (χ0) is 18.9. The van der Waals surface area contributed by atoms with Gasteiger partial charge in [0.05, 0.1) is 11.1 Å². The Hall–Kier alpha value is -3.26. The van der Waals surface area contributed by atoms with Crippen molar-refractivity contribution in [2.24, 2.45) is 5.10 Å². The van der Waals surface area contributed by atoms with Crippen molar-refractivity contribution in [3.63, 3.8) is 0 Å². The number of nitro groups is 1. The van der Waals surface area contributed by atoms with Crippen molar-refractivity contribution < 1.29 is 14.5 Å². The number of benzene rings is 2. The molecule has 0 spiro atoms. The largest absolute Gasteiger partial charge is 0.326 e. The van der Waals surface area contributed by atoms with Crippen LogP contribution in [0.4, 0.5) is 11.4 Å². The van der Waals surface area contributed by atoms with E-state index in [1.54, 1.807) is 30.3 Å². The summed E-state index contributed by atoms with van der Waals surface area (Å²) >= 11 is 5.76. The van der Waals surface area contributed by atoms with Crippen molar-refractivity contribution in [1.29, 1.82) is 0 Å². The molecule has 0 saturated carbocycles. The van der Waals surface area contributed by atoms with Crippen LogP contribution in [0.5, 0.6) is 0 Å². The topological polar surface area (TPSA) is 114 Å². The van der Waals surface area contributed by atoms with Crippen LogP contribution in [0.3, 0.4) is 0 Å². The second kappa shape index (κ2) is 9.28. The Morgan fingerprint density at radius 2 is 1.81 bits per heavy atom. The number of amides is 2. The smallest absolute Gasteiger partial charge is 0.270 e. The molecule has 2 rings (SSSR count). The van der Waals surface area contributed by atoms with Gasteiger partial charge in [0.1, 0.15) is 0 Å². The minimum absolute atomic E-state index is 0.0131. The fourth-order valence-electron chi connectivity index (χ4n) is 1.94. The summed E-state index contributed by atoms with van der Waals surface area (Å²) in [4.78, 5) is 33.6. The summed E-state index contributed by atoms with van der Waals surface area (Å²) in [6, 6.07) is 12.4. The lowest BCUT2D eigenvalue weighted by Crippen LogP contribution is -2.20. The zero-order valence-corrected chi connectivity index (χ0v) is 14.3. The highest BCUT2D eigenvalue weighted by Gasteiger charge is 2.07. The third kappa shape index (κ3) is 6.33. The molecule has 26 heavy (non-hydrogen) atoms. The fraction of sp³-hybridized carbons (Fsp3) is 0.118. The molecule has 0 bridgehead atoms. The standard InChI is InChI=1S/C17H15ClN4O4/c18-13-4-6-14(7-5-13)20-16(23)8-9-17(24)21-19-11-12-2-1-3-15(10-12)22(25)26/h1-7,10-11H,8-9H2,(H,20,23)(H,21,24)/b19-11-. The van der Waals surface area contributed by atoms with Gasteiger partial charge in [0.2, 0.25) is 11.8 Å². The molecule has 2 amide bonds. The van der Waals surface area contributed by atoms with Crippen LogP contribution in [-0.2, 0) is 9.59 Å². The highest BCUT2D eigenvalue weighted by molar-refractivity contribution is 6.30. The second-order valence-electron chi connectivity index (χ2n) is 5.20. The number of halogens is 1. The van der Waals surface area contributed by atoms with Crippen LogP contribution in [0, 0.1) is 10.1 Å². The number of carbonyl (C=O) groups is 2. The van der Waals surface area contributed by atoms with Crippen LogP contribution >= 0.6 is 11.6 Å². The van der Waals surface area contributed by atoms with Gasteiger partial charge in [-0.3, -0.25) is 19.7 Å². The monoisotopic (exact) mass is 374 g/mol. The van der Waals surface area contributed by atoms with Gasteiger partial charge >= 0.3 is 0 Å². The van der Waals surface area contributed by atoms with Crippen molar-refractivity contribution in [2.45, 2.75) is 12.8 Å². The Morgan fingerprint density at radius 1 is 1.12 bits per heavy atom. The third-order valence-corrected chi connectivity index (χ3v) is 3.44. The van der Waals surface area contributed by atoms with Crippen LogP contribution in [0.15, 0.2) is 53.6 Å². The molecule has 2 N–H and O–H groups in total. The van der Waals surface area contributed by atoms with Gasteiger partial charge in [0, 0.05) is 41.2 Å². The van der Waals surface area contributed by atoms with Gasteiger partial charge < -0.3 is 5.32 Å². The number of rotatable bonds is 7. The Bertz CT molecular complexity index is 837. The van der Waals surface area contributed by atoms with E-state index in [1.165, 1.54) is 24.4 Å². The molecule has 0 aliphatic carbocycles.